The highest BCUT2D eigenvalue weighted by Crippen LogP contribution is 2.27. The summed E-state index contributed by atoms with van der Waals surface area (Å²) in [6, 6.07) is 30.6. The lowest BCUT2D eigenvalue weighted by atomic mass is 9.99. The monoisotopic (exact) mass is 565 g/mol. The number of rotatable bonds is 11. The van der Waals surface area contributed by atoms with Crippen LogP contribution in [0.4, 0.5) is 0 Å². The predicted molar refractivity (Wildman–Crippen MR) is 164 cm³/mol. The average Bonchev–Trinajstić information content (AvgIpc) is 3.33. The van der Waals surface area contributed by atoms with Gasteiger partial charge in [0.25, 0.3) is 11.9 Å². The van der Waals surface area contributed by atoms with Gasteiger partial charge in [-0.1, -0.05) is 72.8 Å². The van der Waals surface area contributed by atoms with Crippen molar-refractivity contribution in [3.05, 3.63) is 119 Å². The molecular formula is C33H31N3O4S. The fraction of sp³-hybridized carbons (Fsp3) is 0.182. The van der Waals surface area contributed by atoms with Crippen molar-refractivity contribution in [1.29, 1.82) is 0 Å². The van der Waals surface area contributed by atoms with E-state index in [2.05, 4.69) is 22.9 Å². The number of hydrogen-bond donors (Lipinski definition) is 3. The van der Waals surface area contributed by atoms with Crippen LogP contribution in [-0.4, -0.2) is 44.9 Å². The summed E-state index contributed by atoms with van der Waals surface area (Å²) in [6.07, 6.45) is 0.697. The third-order valence-electron chi connectivity index (χ3n) is 6.89. The molecule has 1 heterocycles. The Balaban J connectivity index is 1.37. The van der Waals surface area contributed by atoms with Crippen molar-refractivity contribution in [3.63, 3.8) is 0 Å². The number of imidazole rings is 1. The number of carboxylic acid groups (broad SMARTS) is 1. The van der Waals surface area contributed by atoms with Gasteiger partial charge in [-0.05, 0) is 59.9 Å². The minimum absolute atomic E-state index is 0.106. The summed E-state index contributed by atoms with van der Waals surface area (Å²) >= 11 is 4.45. The number of aromatic carboxylic acids is 1. The molecular weight excluding hydrogens is 534 g/mol. The quantitative estimate of drug-likeness (QED) is 0.168. The number of aromatic nitrogens is 2. The van der Waals surface area contributed by atoms with Crippen molar-refractivity contribution in [2.75, 3.05) is 12.4 Å². The largest absolute Gasteiger partial charge is 0.478 e. The van der Waals surface area contributed by atoms with Crippen LogP contribution in [0.2, 0.25) is 0 Å². The van der Waals surface area contributed by atoms with E-state index in [4.69, 9.17) is 4.74 Å². The van der Waals surface area contributed by atoms with Crippen molar-refractivity contribution in [2.24, 2.45) is 0 Å². The predicted octanol–water partition coefficient (Wildman–Crippen LogP) is 6.12. The first-order valence-corrected chi connectivity index (χ1v) is 14.1. The highest BCUT2D eigenvalue weighted by molar-refractivity contribution is 7.80. The van der Waals surface area contributed by atoms with Gasteiger partial charge in [-0.25, -0.2) is 4.79 Å². The third kappa shape index (κ3) is 6.44. The van der Waals surface area contributed by atoms with Gasteiger partial charge in [-0.3, -0.25) is 9.36 Å². The van der Waals surface area contributed by atoms with E-state index in [1.165, 1.54) is 0 Å². The van der Waals surface area contributed by atoms with Crippen LogP contribution in [0.5, 0.6) is 6.01 Å². The molecule has 7 nitrogen and oxygen atoms in total. The first-order valence-electron chi connectivity index (χ1n) is 13.5. The van der Waals surface area contributed by atoms with Gasteiger partial charge in [0, 0.05) is 17.4 Å². The molecule has 0 spiro atoms. The first-order chi connectivity index (χ1) is 20.0. The Morgan fingerprint density at radius 1 is 0.951 bits per heavy atom. The van der Waals surface area contributed by atoms with Gasteiger partial charge in [0.2, 0.25) is 0 Å². The zero-order valence-corrected chi connectivity index (χ0v) is 23.6. The summed E-state index contributed by atoms with van der Waals surface area (Å²) in [5, 5.41) is 12.6. The van der Waals surface area contributed by atoms with Gasteiger partial charge in [0.05, 0.1) is 29.7 Å². The Hall–Kier alpha value is -4.56. The van der Waals surface area contributed by atoms with Crippen molar-refractivity contribution < 1.29 is 19.4 Å². The van der Waals surface area contributed by atoms with Crippen LogP contribution < -0.4 is 10.1 Å². The molecule has 0 aliphatic rings. The van der Waals surface area contributed by atoms with Gasteiger partial charge in [0.15, 0.2) is 0 Å². The minimum atomic E-state index is -0.957. The molecule has 0 aliphatic carbocycles. The zero-order chi connectivity index (χ0) is 28.8. The summed E-state index contributed by atoms with van der Waals surface area (Å²) in [5.41, 5.74) is 5.94. The van der Waals surface area contributed by atoms with E-state index >= 15 is 0 Å². The molecule has 208 valence electrons. The second-order valence-electron chi connectivity index (χ2n) is 9.71. The third-order valence-corrected chi connectivity index (χ3v) is 7.33. The standard InChI is InChI=1S/C33H31N3O4S/c1-2-40-33-35-29-19-25(31(37)34-26(21-41)18-22-8-4-3-5-9-22)16-17-30(29)36(33)20-23-12-14-24(15-13-23)27-10-6-7-11-28(27)32(38)39/h3-17,19,26,41H,2,18,20-21H2,1H3,(H,34,37)(H,38,39). The number of amides is 1. The number of thiol groups is 1. The minimum Gasteiger partial charge on any atom is -0.478 e. The van der Waals surface area contributed by atoms with Gasteiger partial charge >= 0.3 is 5.97 Å². The molecule has 5 aromatic rings. The molecule has 0 saturated heterocycles. The number of ether oxygens (including phenoxy) is 1. The summed E-state index contributed by atoms with van der Waals surface area (Å²) in [6.45, 7) is 2.85. The van der Waals surface area contributed by atoms with E-state index in [-0.39, 0.29) is 17.5 Å². The number of benzene rings is 4. The first kappa shape index (κ1) is 28.0. The van der Waals surface area contributed by atoms with E-state index in [9.17, 15) is 14.7 Å². The molecule has 0 bridgehead atoms. The topological polar surface area (TPSA) is 93.5 Å². The molecule has 2 N–H and O–H groups in total. The smallest absolute Gasteiger partial charge is 0.336 e. The van der Waals surface area contributed by atoms with Crippen LogP contribution in [0.3, 0.4) is 0 Å². The lowest BCUT2D eigenvalue weighted by molar-refractivity contribution is 0.0697. The second-order valence-corrected chi connectivity index (χ2v) is 10.1. The van der Waals surface area contributed by atoms with E-state index in [0.29, 0.717) is 48.0 Å². The lowest BCUT2D eigenvalue weighted by Crippen LogP contribution is -2.37. The van der Waals surface area contributed by atoms with Crippen molar-refractivity contribution in [1.82, 2.24) is 14.9 Å². The second kappa shape index (κ2) is 12.7. The maximum Gasteiger partial charge on any atom is 0.336 e. The van der Waals surface area contributed by atoms with Gasteiger partial charge in [-0.2, -0.15) is 17.6 Å². The Labute approximate surface area is 244 Å². The van der Waals surface area contributed by atoms with E-state index in [1.54, 1.807) is 24.3 Å². The molecule has 0 saturated carbocycles. The zero-order valence-electron chi connectivity index (χ0n) is 22.7. The van der Waals surface area contributed by atoms with E-state index < -0.39 is 5.97 Å². The molecule has 41 heavy (non-hydrogen) atoms. The number of nitrogens with one attached hydrogen (secondary N) is 1. The number of carbonyl (C=O) groups excluding carboxylic acids is 1. The number of nitrogens with zero attached hydrogens (tertiary/aromatic N) is 2. The van der Waals surface area contributed by atoms with Crippen molar-refractivity contribution in [3.8, 4) is 17.1 Å². The number of carboxylic acids is 1. The normalized spacial score (nSPS) is 11.8. The van der Waals surface area contributed by atoms with Crippen LogP contribution in [-0.2, 0) is 13.0 Å². The fourth-order valence-electron chi connectivity index (χ4n) is 4.86. The highest BCUT2D eigenvalue weighted by Gasteiger charge is 2.18. The average molecular weight is 566 g/mol. The summed E-state index contributed by atoms with van der Waals surface area (Å²) < 4.78 is 7.83. The molecule has 4 aromatic carbocycles. The van der Waals surface area contributed by atoms with E-state index in [1.807, 2.05) is 84.3 Å². The van der Waals surface area contributed by atoms with Crippen molar-refractivity contribution >= 4 is 35.5 Å². The van der Waals surface area contributed by atoms with Crippen LogP contribution in [0.1, 0.15) is 38.8 Å². The van der Waals surface area contributed by atoms with Gasteiger partial charge in [-0.15, -0.1) is 0 Å². The summed E-state index contributed by atoms with van der Waals surface area (Å²) in [7, 11) is 0. The van der Waals surface area contributed by atoms with Crippen LogP contribution in [0.15, 0.2) is 97.1 Å². The molecule has 1 atom stereocenters. The van der Waals surface area contributed by atoms with Crippen LogP contribution in [0, 0.1) is 0 Å². The summed E-state index contributed by atoms with van der Waals surface area (Å²) in [4.78, 5) is 29.5. The lowest BCUT2D eigenvalue weighted by Gasteiger charge is -2.17. The Morgan fingerprint density at radius 3 is 2.39 bits per heavy atom. The Morgan fingerprint density at radius 2 is 1.68 bits per heavy atom. The maximum atomic E-state index is 13.1. The molecule has 1 unspecified atom stereocenters. The Kier molecular flexibility index (Phi) is 8.70. The SMILES string of the molecule is CCOc1nc2cc(C(=O)NC(CS)Cc3ccccc3)ccc2n1Cc1ccc(-c2ccccc2C(=O)O)cc1. The molecule has 8 heteroatoms. The number of carbonyl (C=O) groups is 2. The number of hydrogen-bond acceptors (Lipinski definition) is 5. The van der Waals surface area contributed by atoms with Gasteiger partial charge in [0.1, 0.15) is 0 Å². The van der Waals surface area contributed by atoms with Gasteiger partial charge < -0.3 is 15.2 Å². The molecule has 0 radical (unpaired) electrons. The number of fused-ring (bicyclic) bond motifs is 1. The van der Waals surface area contributed by atoms with Crippen LogP contribution >= 0.6 is 12.6 Å². The summed E-state index contributed by atoms with van der Waals surface area (Å²) in [5.74, 6) is -0.611. The van der Waals surface area contributed by atoms with E-state index in [0.717, 1.165) is 22.2 Å². The maximum absolute atomic E-state index is 13.1. The van der Waals surface area contributed by atoms with Crippen molar-refractivity contribution in [2.45, 2.75) is 25.9 Å². The molecule has 0 fully saturated rings. The fourth-order valence-corrected chi connectivity index (χ4v) is 5.08. The highest BCUT2D eigenvalue weighted by atomic mass is 32.1. The Bertz CT molecular complexity index is 1670. The van der Waals surface area contributed by atoms with Crippen LogP contribution in [0.25, 0.3) is 22.2 Å². The molecule has 0 aliphatic heterocycles. The molecule has 1 amide bonds. The molecule has 5 rings (SSSR count). The molecule has 1 aromatic heterocycles.